The minimum Gasteiger partial charge on any atom is -0.492 e. The Morgan fingerprint density at radius 2 is 2.00 bits per heavy atom. The molecule has 0 unspecified atom stereocenters. The molecule has 2 rings (SSSR count). The first-order chi connectivity index (χ1) is 8.64. The number of hydrogen-bond acceptors (Lipinski definition) is 2. The van der Waals surface area contributed by atoms with Crippen LogP contribution >= 0.6 is 11.6 Å². The van der Waals surface area contributed by atoms with E-state index in [9.17, 15) is 9.90 Å². The molecule has 0 bridgehead atoms. The highest BCUT2D eigenvalue weighted by Crippen LogP contribution is 2.41. The van der Waals surface area contributed by atoms with Gasteiger partial charge in [0.05, 0.1) is 17.0 Å². The fourth-order valence-corrected chi connectivity index (χ4v) is 2.73. The number of carboxylic acid groups (broad SMARTS) is 1. The highest BCUT2D eigenvalue weighted by molar-refractivity contribution is 6.32. The molecule has 1 fully saturated rings. The van der Waals surface area contributed by atoms with Crippen molar-refractivity contribution in [1.82, 2.24) is 0 Å². The molecular weight excluding hydrogens is 252 g/mol. The molecule has 4 heteroatoms. The number of para-hydroxylation sites is 1. The van der Waals surface area contributed by atoms with Crippen LogP contribution in [0.1, 0.15) is 32.1 Å². The van der Waals surface area contributed by atoms with E-state index in [0.29, 0.717) is 23.8 Å². The van der Waals surface area contributed by atoms with Crippen molar-refractivity contribution in [1.29, 1.82) is 0 Å². The smallest absolute Gasteiger partial charge is 0.309 e. The highest BCUT2D eigenvalue weighted by Gasteiger charge is 2.40. The summed E-state index contributed by atoms with van der Waals surface area (Å²) >= 11 is 5.98. The Balaban J connectivity index is 1.92. The minimum absolute atomic E-state index is 0.399. The third-order valence-electron chi connectivity index (χ3n) is 3.69. The maximum Gasteiger partial charge on any atom is 0.309 e. The van der Waals surface area contributed by atoms with Gasteiger partial charge in [0.1, 0.15) is 5.75 Å². The molecular formula is C14H17ClO3. The summed E-state index contributed by atoms with van der Waals surface area (Å²) in [7, 11) is 0. The Kier molecular flexibility index (Phi) is 4.12. The summed E-state index contributed by atoms with van der Waals surface area (Å²) in [6.07, 6.45) is 4.06. The van der Waals surface area contributed by atoms with E-state index in [2.05, 4.69) is 0 Å². The molecule has 1 saturated carbocycles. The van der Waals surface area contributed by atoms with E-state index in [1.165, 1.54) is 0 Å². The quantitative estimate of drug-likeness (QED) is 0.885. The number of ether oxygens (including phenoxy) is 1. The van der Waals surface area contributed by atoms with Crippen molar-refractivity contribution in [3.63, 3.8) is 0 Å². The Bertz CT molecular complexity index is 425. The molecule has 1 N–H and O–H groups in total. The van der Waals surface area contributed by atoms with Gasteiger partial charge in [-0.05, 0) is 31.4 Å². The summed E-state index contributed by atoms with van der Waals surface area (Å²) in [6.45, 7) is 0.399. The third-order valence-corrected chi connectivity index (χ3v) is 4.00. The van der Waals surface area contributed by atoms with Crippen molar-refractivity contribution < 1.29 is 14.6 Å². The number of carbonyl (C=O) groups is 1. The molecule has 18 heavy (non-hydrogen) atoms. The molecule has 98 valence electrons. The second-order valence-corrected chi connectivity index (χ2v) is 5.23. The van der Waals surface area contributed by atoms with Gasteiger partial charge in [0.25, 0.3) is 0 Å². The first-order valence-corrected chi connectivity index (χ1v) is 6.63. The number of carboxylic acids is 1. The van der Waals surface area contributed by atoms with E-state index in [-0.39, 0.29) is 0 Å². The van der Waals surface area contributed by atoms with Crippen molar-refractivity contribution in [2.24, 2.45) is 5.41 Å². The van der Waals surface area contributed by atoms with Crippen LogP contribution in [0.25, 0.3) is 0 Å². The monoisotopic (exact) mass is 268 g/mol. The largest absolute Gasteiger partial charge is 0.492 e. The average molecular weight is 269 g/mol. The number of halogens is 1. The molecule has 0 aromatic heterocycles. The number of rotatable bonds is 5. The first-order valence-electron chi connectivity index (χ1n) is 6.25. The summed E-state index contributed by atoms with van der Waals surface area (Å²) in [6, 6.07) is 7.25. The second kappa shape index (κ2) is 5.61. The predicted octanol–water partition coefficient (Wildman–Crippen LogP) is 3.75. The molecule has 0 heterocycles. The maximum absolute atomic E-state index is 11.4. The van der Waals surface area contributed by atoms with Crippen molar-refractivity contribution in [2.75, 3.05) is 6.61 Å². The molecule has 0 aliphatic heterocycles. The van der Waals surface area contributed by atoms with Crippen LogP contribution in [-0.2, 0) is 4.79 Å². The molecule has 1 aromatic rings. The van der Waals surface area contributed by atoms with Crippen molar-refractivity contribution >= 4 is 17.6 Å². The lowest BCUT2D eigenvalue weighted by Crippen LogP contribution is -2.29. The Hall–Kier alpha value is -1.22. The fourth-order valence-electron chi connectivity index (χ4n) is 2.54. The maximum atomic E-state index is 11.4. The third kappa shape index (κ3) is 2.78. The van der Waals surface area contributed by atoms with Gasteiger partial charge in [-0.25, -0.2) is 0 Å². The van der Waals surface area contributed by atoms with E-state index in [0.717, 1.165) is 25.7 Å². The molecule has 0 radical (unpaired) electrons. The van der Waals surface area contributed by atoms with E-state index in [1.54, 1.807) is 12.1 Å². The van der Waals surface area contributed by atoms with E-state index in [1.807, 2.05) is 12.1 Å². The van der Waals surface area contributed by atoms with Crippen LogP contribution in [0.5, 0.6) is 5.75 Å². The van der Waals surface area contributed by atoms with Crippen molar-refractivity contribution in [3.05, 3.63) is 29.3 Å². The molecule has 0 atom stereocenters. The van der Waals surface area contributed by atoms with Crippen LogP contribution in [0.2, 0.25) is 5.02 Å². The number of benzene rings is 1. The van der Waals surface area contributed by atoms with Crippen LogP contribution in [-0.4, -0.2) is 17.7 Å². The molecule has 1 aliphatic rings. The topological polar surface area (TPSA) is 46.5 Å². The Morgan fingerprint density at radius 3 is 2.61 bits per heavy atom. The summed E-state index contributed by atoms with van der Waals surface area (Å²) in [4.78, 5) is 11.4. The Morgan fingerprint density at radius 1 is 1.33 bits per heavy atom. The molecule has 0 spiro atoms. The standard InChI is InChI=1S/C14H17ClO3/c15-11-5-1-2-6-12(11)18-10-9-14(13(16)17)7-3-4-8-14/h1-2,5-6H,3-4,7-10H2,(H,16,17). The van der Waals surface area contributed by atoms with Crippen LogP contribution in [0.3, 0.4) is 0 Å². The van der Waals surface area contributed by atoms with Crippen LogP contribution in [0.4, 0.5) is 0 Å². The molecule has 1 aliphatic carbocycles. The minimum atomic E-state index is -0.692. The van der Waals surface area contributed by atoms with Gasteiger partial charge < -0.3 is 9.84 Å². The second-order valence-electron chi connectivity index (χ2n) is 4.82. The summed E-state index contributed by atoms with van der Waals surface area (Å²) < 4.78 is 5.58. The van der Waals surface area contributed by atoms with Crippen molar-refractivity contribution in [2.45, 2.75) is 32.1 Å². The zero-order valence-electron chi connectivity index (χ0n) is 10.2. The van der Waals surface area contributed by atoms with Gasteiger partial charge in [-0.3, -0.25) is 4.79 Å². The van der Waals surface area contributed by atoms with Gasteiger partial charge >= 0.3 is 5.97 Å². The normalized spacial score (nSPS) is 17.6. The summed E-state index contributed by atoms with van der Waals surface area (Å²) in [5.74, 6) is -0.0690. The molecule has 3 nitrogen and oxygen atoms in total. The lowest BCUT2D eigenvalue weighted by Gasteiger charge is -2.23. The van der Waals surface area contributed by atoms with E-state index in [4.69, 9.17) is 16.3 Å². The van der Waals surface area contributed by atoms with Gasteiger partial charge in [0.2, 0.25) is 0 Å². The molecule has 0 saturated heterocycles. The zero-order valence-corrected chi connectivity index (χ0v) is 10.9. The predicted molar refractivity (Wildman–Crippen MR) is 70.1 cm³/mol. The zero-order chi connectivity index (χ0) is 13.0. The lowest BCUT2D eigenvalue weighted by atomic mass is 9.83. The van der Waals surface area contributed by atoms with Gasteiger partial charge in [-0.15, -0.1) is 0 Å². The lowest BCUT2D eigenvalue weighted by molar-refractivity contribution is -0.149. The fraction of sp³-hybridized carbons (Fsp3) is 0.500. The summed E-state index contributed by atoms with van der Waals surface area (Å²) in [5, 5.41) is 9.90. The molecule has 1 aromatic carbocycles. The van der Waals surface area contributed by atoms with Gasteiger partial charge in [-0.2, -0.15) is 0 Å². The average Bonchev–Trinajstić information content (AvgIpc) is 2.82. The van der Waals surface area contributed by atoms with Crippen LogP contribution in [0.15, 0.2) is 24.3 Å². The Labute approximate surface area is 112 Å². The van der Waals surface area contributed by atoms with Crippen LogP contribution in [0, 0.1) is 5.41 Å². The van der Waals surface area contributed by atoms with Gasteiger partial charge in [0.15, 0.2) is 0 Å². The van der Waals surface area contributed by atoms with Crippen LogP contribution < -0.4 is 4.74 Å². The van der Waals surface area contributed by atoms with Gasteiger partial charge in [0, 0.05) is 0 Å². The molecule has 0 amide bonds. The SMILES string of the molecule is O=C(O)C1(CCOc2ccccc2Cl)CCCC1. The van der Waals surface area contributed by atoms with Crippen molar-refractivity contribution in [3.8, 4) is 5.75 Å². The van der Waals surface area contributed by atoms with E-state index >= 15 is 0 Å². The number of aliphatic carboxylic acids is 1. The van der Waals surface area contributed by atoms with Gasteiger partial charge in [-0.1, -0.05) is 36.6 Å². The number of hydrogen-bond donors (Lipinski definition) is 1. The van der Waals surface area contributed by atoms with E-state index < -0.39 is 11.4 Å². The highest BCUT2D eigenvalue weighted by atomic mass is 35.5. The summed E-state index contributed by atoms with van der Waals surface area (Å²) in [5.41, 5.74) is -0.582. The first kappa shape index (κ1) is 13.2.